The second kappa shape index (κ2) is 5.49. The van der Waals surface area contributed by atoms with Crippen molar-refractivity contribution in [2.75, 3.05) is 5.32 Å². The monoisotopic (exact) mass is 279 g/mol. The van der Waals surface area contributed by atoms with Crippen LogP contribution in [0.25, 0.3) is 0 Å². The fourth-order valence-corrected chi connectivity index (χ4v) is 1.55. The maximum atomic E-state index is 13.2. The Kier molecular flexibility index (Phi) is 3.76. The summed E-state index contributed by atoms with van der Waals surface area (Å²) >= 11 is 0. The second-order valence-corrected chi connectivity index (χ2v) is 3.88. The van der Waals surface area contributed by atoms with Crippen LogP contribution in [0.15, 0.2) is 34.7 Å². The molecule has 1 heterocycles. The minimum absolute atomic E-state index is 0.0163. The van der Waals surface area contributed by atoms with Crippen molar-refractivity contribution in [2.45, 2.75) is 6.54 Å². The average Bonchev–Trinajstić information content (AvgIpc) is 2.86. The van der Waals surface area contributed by atoms with Gasteiger partial charge in [0.1, 0.15) is 11.6 Å². The van der Waals surface area contributed by atoms with Crippen LogP contribution in [-0.2, 0) is 6.54 Å². The first kappa shape index (κ1) is 13.7. The molecule has 2 aromatic rings. The van der Waals surface area contributed by atoms with Crippen molar-refractivity contribution >= 4 is 17.3 Å². The highest BCUT2D eigenvalue weighted by Crippen LogP contribution is 2.21. The van der Waals surface area contributed by atoms with Crippen molar-refractivity contribution in [1.82, 2.24) is 0 Å². The van der Waals surface area contributed by atoms with Crippen molar-refractivity contribution in [3.8, 4) is 0 Å². The summed E-state index contributed by atoms with van der Waals surface area (Å²) in [4.78, 5) is 21.6. The van der Waals surface area contributed by atoms with E-state index in [1.54, 1.807) is 0 Å². The van der Waals surface area contributed by atoms with E-state index in [9.17, 15) is 19.3 Å². The number of rotatable bonds is 4. The van der Waals surface area contributed by atoms with Gasteiger partial charge in [-0.3, -0.25) is 14.9 Å². The molecule has 2 rings (SSSR count). The number of carbonyl (C=O) groups excluding carboxylic acids is 1. The minimum Gasteiger partial charge on any atom is -0.455 e. The first-order valence-corrected chi connectivity index (χ1v) is 5.54. The maximum absolute atomic E-state index is 13.2. The molecule has 8 heteroatoms. The maximum Gasteiger partial charge on any atom is 0.291 e. The van der Waals surface area contributed by atoms with Crippen LogP contribution in [0.5, 0.6) is 0 Å². The number of nitrogens with two attached hydrogens (primary N) is 1. The molecule has 0 unspecified atom stereocenters. The van der Waals surface area contributed by atoms with Gasteiger partial charge in [0, 0.05) is 6.07 Å². The molecule has 0 bridgehead atoms. The number of nitro groups is 1. The molecule has 0 aliphatic carbocycles. The number of anilines is 1. The van der Waals surface area contributed by atoms with Crippen LogP contribution in [0.3, 0.4) is 0 Å². The Labute approximate surface area is 112 Å². The highest BCUT2D eigenvalue weighted by Gasteiger charge is 2.14. The van der Waals surface area contributed by atoms with Crippen LogP contribution in [0.2, 0.25) is 0 Å². The van der Waals surface area contributed by atoms with Gasteiger partial charge in [-0.05, 0) is 18.2 Å². The third-order valence-electron chi connectivity index (χ3n) is 2.44. The van der Waals surface area contributed by atoms with Crippen LogP contribution in [-0.4, -0.2) is 10.8 Å². The molecule has 0 saturated heterocycles. The van der Waals surface area contributed by atoms with Crippen LogP contribution < -0.4 is 11.1 Å². The number of non-ortho nitro benzene ring substituents is 1. The number of carbonyl (C=O) groups is 1. The molecule has 1 amide bonds. The summed E-state index contributed by atoms with van der Waals surface area (Å²) in [6, 6.07) is 5.72. The highest BCUT2D eigenvalue weighted by atomic mass is 19.1. The van der Waals surface area contributed by atoms with Gasteiger partial charge in [-0.1, -0.05) is 0 Å². The Morgan fingerprint density at radius 1 is 1.40 bits per heavy atom. The number of halogens is 1. The van der Waals surface area contributed by atoms with E-state index >= 15 is 0 Å². The van der Waals surface area contributed by atoms with E-state index in [0.717, 1.165) is 18.2 Å². The zero-order valence-electron chi connectivity index (χ0n) is 10.1. The van der Waals surface area contributed by atoms with Crippen LogP contribution in [0.1, 0.15) is 16.3 Å². The molecule has 0 saturated carbocycles. The topological polar surface area (TPSA) is 111 Å². The lowest BCUT2D eigenvalue weighted by atomic mass is 10.2. The lowest BCUT2D eigenvalue weighted by Gasteiger charge is -2.03. The highest BCUT2D eigenvalue weighted by molar-refractivity contribution is 6.02. The Morgan fingerprint density at radius 2 is 2.15 bits per heavy atom. The van der Waals surface area contributed by atoms with Gasteiger partial charge in [-0.25, -0.2) is 4.39 Å². The zero-order chi connectivity index (χ0) is 14.7. The molecule has 20 heavy (non-hydrogen) atoms. The van der Waals surface area contributed by atoms with Crippen molar-refractivity contribution in [3.05, 3.63) is 57.8 Å². The lowest BCUT2D eigenvalue weighted by molar-refractivity contribution is -0.385. The molecule has 0 atom stereocenters. The smallest absolute Gasteiger partial charge is 0.291 e. The van der Waals surface area contributed by atoms with Gasteiger partial charge in [0.2, 0.25) is 0 Å². The largest absolute Gasteiger partial charge is 0.455 e. The summed E-state index contributed by atoms with van der Waals surface area (Å²) in [5.74, 6) is -1.07. The van der Waals surface area contributed by atoms with Gasteiger partial charge in [-0.15, -0.1) is 0 Å². The molecule has 1 aromatic heterocycles. The lowest BCUT2D eigenvalue weighted by Crippen LogP contribution is -2.11. The van der Waals surface area contributed by atoms with Gasteiger partial charge in [0.25, 0.3) is 11.6 Å². The van der Waals surface area contributed by atoms with Crippen LogP contribution in [0, 0.1) is 15.9 Å². The van der Waals surface area contributed by atoms with E-state index in [2.05, 4.69) is 5.32 Å². The number of nitrogens with zero attached hydrogens (tertiary/aromatic N) is 1. The van der Waals surface area contributed by atoms with Crippen LogP contribution >= 0.6 is 0 Å². The Hall–Kier alpha value is -2.74. The minimum atomic E-state index is -0.823. The predicted octanol–water partition coefficient (Wildman–Crippen LogP) is 2.04. The number of nitrogens with one attached hydrogen (secondary N) is 1. The fourth-order valence-electron chi connectivity index (χ4n) is 1.55. The average molecular weight is 279 g/mol. The van der Waals surface area contributed by atoms with E-state index in [1.807, 2.05) is 0 Å². The standard InChI is InChI=1S/C12H10FN3O4/c13-7-3-8(5-9(4-7)16(18)19)15-12(17)11-2-1-10(6-14)20-11/h1-5H,6,14H2,(H,15,17). The number of furan rings is 1. The summed E-state index contributed by atoms with van der Waals surface area (Å²) in [6.45, 7) is 0.138. The Bertz CT molecular complexity index is 668. The van der Waals surface area contributed by atoms with Crippen molar-refractivity contribution < 1.29 is 18.5 Å². The van der Waals surface area contributed by atoms with E-state index < -0.39 is 22.3 Å². The van der Waals surface area contributed by atoms with Gasteiger partial charge >= 0.3 is 0 Å². The van der Waals surface area contributed by atoms with Crippen molar-refractivity contribution in [2.24, 2.45) is 5.73 Å². The number of benzene rings is 1. The Balaban J connectivity index is 2.21. The third-order valence-corrected chi connectivity index (χ3v) is 2.44. The molecular weight excluding hydrogens is 269 g/mol. The molecule has 0 aliphatic rings. The number of amides is 1. The quantitative estimate of drug-likeness (QED) is 0.657. The number of hydrogen-bond acceptors (Lipinski definition) is 5. The molecular formula is C12H10FN3O4. The summed E-state index contributed by atoms with van der Waals surface area (Å²) in [5, 5.41) is 12.9. The van der Waals surface area contributed by atoms with Crippen molar-refractivity contribution in [1.29, 1.82) is 0 Å². The molecule has 0 spiro atoms. The van der Waals surface area contributed by atoms with E-state index in [-0.39, 0.29) is 18.0 Å². The van der Waals surface area contributed by atoms with E-state index in [4.69, 9.17) is 10.2 Å². The summed E-state index contributed by atoms with van der Waals surface area (Å²) in [6.07, 6.45) is 0. The van der Waals surface area contributed by atoms with E-state index in [0.29, 0.717) is 5.76 Å². The SMILES string of the molecule is NCc1ccc(C(=O)Nc2cc(F)cc([N+](=O)[O-])c2)o1. The molecule has 0 fully saturated rings. The van der Waals surface area contributed by atoms with Crippen molar-refractivity contribution in [3.63, 3.8) is 0 Å². The second-order valence-electron chi connectivity index (χ2n) is 3.88. The molecule has 7 nitrogen and oxygen atoms in total. The molecule has 104 valence electrons. The van der Waals surface area contributed by atoms with Gasteiger partial charge in [0.05, 0.1) is 23.2 Å². The summed E-state index contributed by atoms with van der Waals surface area (Å²) in [7, 11) is 0. The summed E-state index contributed by atoms with van der Waals surface area (Å²) < 4.78 is 18.3. The first-order valence-electron chi connectivity index (χ1n) is 5.54. The zero-order valence-corrected chi connectivity index (χ0v) is 10.1. The summed E-state index contributed by atoms with van der Waals surface area (Å²) in [5.41, 5.74) is 4.85. The molecule has 1 aromatic carbocycles. The predicted molar refractivity (Wildman–Crippen MR) is 67.6 cm³/mol. The van der Waals surface area contributed by atoms with Crippen LogP contribution in [0.4, 0.5) is 15.8 Å². The molecule has 0 radical (unpaired) electrons. The van der Waals surface area contributed by atoms with Gasteiger partial charge < -0.3 is 15.5 Å². The fraction of sp³-hybridized carbons (Fsp3) is 0.0833. The first-order chi connectivity index (χ1) is 9.49. The number of hydrogen-bond donors (Lipinski definition) is 2. The molecule has 0 aliphatic heterocycles. The number of nitro benzene ring substituents is 1. The third kappa shape index (κ3) is 2.98. The molecule has 3 N–H and O–H groups in total. The van der Waals surface area contributed by atoms with Gasteiger partial charge in [0.15, 0.2) is 5.76 Å². The van der Waals surface area contributed by atoms with E-state index in [1.165, 1.54) is 12.1 Å². The van der Waals surface area contributed by atoms with Gasteiger partial charge in [-0.2, -0.15) is 0 Å². The Morgan fingerprint density at radius 3 is 2.75 bits per heavy atom. The normalized spacial score (nSPS) is 10.3.